The maximum Gasteiger partial charge on any atom is 0.325 e. The standard InChI is InChI=1S/C31H56N10O12/c1-14(2)9-17(32)24(46)40-21(12-42)29(51)41-22(13-43)28(50)37-18(7-6-8-35-31(33)34)25(47)38-19(10-15(3)4)27(49)39-20(11-23(44)45)26(48)36-16(5)30(52)53/h14-22,42-43H,6-13,32H2,1-5H3,(H,36,48)(H,37,50)(H,38,47)(H,39,49)(H,40,46)(H,41,51)(H,44,45)(H,52,53)(H4,33,34,35)/t16-,17-,18-,19-,20-,21-,22-/m0/s1. The molecule has 0 bridgehead atoms. The number of carbonyl (C=O) groups is 8. The Bertz CT molecular complexity index is 1310. The number of hydrogen-bond acceptors (Lipinski definition) is 12. The van der Waals surface area contributed by atoms with Crippen molar-refractivity contribution in [3.8, 4) is 0 Å². The molecule has 0 spiro atoms. The van der Waals surface area contributed by atoms with Gasteiger partial charge in [-0.25, -0.2) is 0 Å². The Balaban J connectivity index is 6.15. The third-order valence-corrected chi connectivity index (χ3v) is 7.35. The number of nitrogens with two attached hydrogens (primary N) is 3. The van der Waals surface area contributed by atoms with Crippen LogP contribution in [0.4, 0.5) is 0 Å². The van der Waals surface area contributed by atoms with Crippen LogP contribution in [0.15, 0.2) is 4.99 Å². The summed E-state index contributed by atoms with van der Waals surface area (Å²) >= 11 is 0. The number of aliphatic imine (C=N–C) groups is 1. The van der Waals surface area contributed by atoms with Crippen LogP contribution >= 0.6 is 0 Å². The number of aliphatic carboxylic acids is 2. The lowest BCUT2D eigenvalue weighted by Crippen LogP contribution is -2.61. The second-order valence-electron chi connectivity index (χ2n) is 13.2. The van der Waals surface area contributed by atoms with Gasteiger partial charge in [-0.05, 0) is 44.4 Å². The molecule has 0 aromatic rings. The second-order valence-corrected chi connectivity index (χ2v) is 13.2. The number of hydrogen-bond donors (Lipinski definition) is 13. The minimum absolute atomic E-state index is 0.00955. The van der Waals surface area contributed by atoms with Crippen LogP contribution in [0, 0.1) is 11.8 Å². The molecule has 0 aromatic carbocycles. The molecule has 0 radical (unpaired) electrons. The largest absolute Gasteiger partial charge is 0.481 e. The van der Waals surface area contributed by atoms with E-state index in [1.807, 2.05) is 13.8 Å². The molecule has 0 aromatic heterocycles. The van der Waals surface area contributed by atoms with Crippen LogP contribution in [0.3, 0.4) is 0 Å². The summed E-state index contributed by atoms with van der Waals surface area (Å²) in [4.78, 5) is 105. The summed E-state index contributed by atoms with van der Waals surface area (Å²) in [7, 11) is 0. The molecule has 22 heteroatoms. The summed E-state index contributed by atoms with van der Waals surface area (Å²) in [6.45, 7) is 6.33. The van der Waals surface area contributed by atoms with Gasteiger partial charge >= 0.3 is 11.9 Å². The molecule has 0 aliphatic rings. The zero-order valence-electron chi connectivity index (χ0n) is 30.6. The minimum Gasteiger partial charge on any atom is -0.481 e. The van der Waals surface area contributed by atoms with Gasteiger partial charge < -0.3 is 69.5 Å². The minimum atomic E-state index is -1.73. The summed E-state index contributed by atoms with van der Waals surface area (Å²) in [5.41, 5.74) is 16.5. The van der Waals surface area contributed by atoms with Crippen molar-refractivity contribution in [1.29, 1.82) is 0 Å². The lowest BCUT2D eigenvalue weighted by molar-refractivity contribution is -0.143. The van der Waals surface area contributed by atoms with E-state index < -0.39 is 109 Å². The quantitative estimate of drug-likeness (QED) is 0.0235. The highest BCUT2D eigenvalue weighted by molar-refractivity contribution is 5.97. The Morgan fingerprint density at radius 1 is 0.585 bits per heavy atom. The fourth-order valence-corrected chi connectivity index (χ4v) is 4.61. The fourth-order valence-electron chi connectivity index (χ4n) is 4.61. The first-order chi connectivity index (χ1) is 24.6. The second kappa shape index (κ2) is 24.2. The number of nitrogens with one attached hydrogen (secondary N) is 6. The van der Waals surface area contributed by atoms with Crippen molar-refractivity contribution in [3.63, 3.8) is 0 Å². The lowest BCUT2D eigenvalue weighted by atomic mass is 10.0. The molecule has 0 aliphatic carbocycles. The number of aliphatic hydroxyl groups is 2. The number of nitrogens with zero attached hydrogens (tertiary/aromatic N) is 1. The van der Waals surface area contributed by atoms with Crippen LogP contribution in [0.2, 0.25) is 0 Å². The van der Waals surface area contributed by atoms with Crippen molar-refractivity contribution in [1.82, 2.24) is 31.9 Å². The van der Waals surface area contributed by atoms with E-state index >= 15 is 0 Å². The van der Waals surface area contributed by atoms with Gasteiger partial charge in [0, 0.05) is 6.54 Å². The molecule has 0 heterocycles. The van der Waals surface area contributed by atoms with Gasteiger partial charge in [-0.1, -0.05) is 27.7 Å². The van der Waals surface area contributed by atoms with E-state index in [1.54, 1.807) is 13.8 Å². The molecule has 16 N–H and O–H groups in total. The SMILES string of the molecule is CC(C)C[C@H](NC(=O)[C@H](CCCN=C(N)N)NC(=O)[C@H](CO)NC(=O)[C@H](CO)NC(=O)[C@@H](N)CC(C)C)C(=O)N[C@@H](CC(=O)O)C(=O)N[C@@H](C)C(=O)O. The van der Waals surface area contributed by atoms with Gasteiger partial charge in [0.15, 0.2) is 5.96 Å². The lowest BCUT2D eigenvalue weighted by Gasteiger charge is -2.27. The number of amides is 6. The molecular weight excluding hydrogens is 704 g/mol. The number of aliphatic hydroxyl groups excluding tert-OH is 2. The van der Waals surface area contributed by atoms with Crippen molar-refractivity contribution >= 4 is 53.3 Å². The van der Waals surface area contributed by atoms with Gasteiger partial charge in [0.1, 0.15) is 36.3 Å². The van der Waals surface area contributed by atoms with Crippen molar-refractivity contribution in [3.05, 3.63) is 0 Å². The zero-order valence-corrected chi connectivity index (χ0v) is 30.6. The van der Waals surface area contributed by atoms with Crippen molar-refractivity contribution in [2.45, 2.75) is 109 Å². The molecule has 53 heavy (non-hydrogen) atoms. The molecule has 22 nitrogen and oxygen atoms in total. The molecule has 0 fully saturated rings. The van der Waals surface area contributed by atoms with E-state index in [0.717, 1.165) is 6.92 Å². The van der Waals surface area contributed by atoms with Crippen LogP contribution in [-0.2, 0) is 38.4 Å². The molecule has 0 rings (SSSR count). The van der Waals surface area contributed by atoms with Gasteiger partial charge in [0.05, 0.1) is 25.7 Å². The Morgan fingerprint density at radius 3 is 1.45 bits per heavy atom. The van der Waals surface area contributed by atoms with Crippen LogP contribution < -0.4 is 49.1 Å². The summed E-state index contributed by atoms with van der Waals surface area (Å²) in [5.74, 6) is -9.25. The van der Waals surface area contributed by atoms with Crippen LogP contribution in [0.25, 0.3) is 0 Å². The Kier molecular flexibility index (Phi) is 21.9. The highest BCUT2D eigenvalue weighted by Crippen LogP contribution is 2.09. The van der Waals surface area contributed by atoms with E-state index in [-0.39, 0.29) is 50.0 Å². The molecule has 0 saturated heterocycles. The van der Waals surface area contributed by atoms with Crippen LogP contribution in [0.1, 0.15) is 66.7 Å². The summed E-state index contributed by atoms with van der Waals surface area (Å²) in [6.07, 6.45) is -0.717. The van der Waals surface area contributed by atoms with Gasteiger partial charge in [-0.2, -0.15) is 0 Å². The molecule has 6 amide bonds. The monoisotopic (exact) mass is 760 g/mol. The Morgan fingerprint density at radius 2 is 1.00 bits per heavy atom. The normalized spacial score (nSPS) is 15.0. The van der Waals surface area contributed by atoms with Gasteiger partial charge in [-0.15, -0.1) is 0 Å². The first kappa shape index (κ1) is 47.9. The number of carboxylic acid groups (broad SMARTS) is 2. The van der Waals surface area contributed by atoms with Crippen molar-refractivity contribution in [2.24, 2.45) is 34.0 Å². The van der Waals surface area contributed by atoms with Crippen LogP contribution in [0.5, 0.6) is 0 Å². The highest BCUT2D eigenvalue weighted by atomic mass is 16.4. The third-order valence-electron chi connectivity index (χ3n) is 7.35. The first-order valence-corrected chi connectivity index (χ1v) is 16.9. The smallest absolute Gasteiger partial charge is 0.325 e. The average molecular weight is 761 g/mol. The first-order valence-electron chi connectivity index (χ1n) is 16.9. The maximum atomic E-state index is 13.6. The Hall–Kier alpha value is -5.09. The van der Waals surface area contributed by atoms with Gasteiger partial charge in [0.2, 0.25) is 35.4 Å². The van der Waals surface area contributed by atoms with Gasteiger partial charge in [-0.3, -0.25) is 43.3 Å². The van der Waals surface area contributed by atoms with E-state index in [1.165, 1.54) is 0 Å². The number of carbonyl (C=O) groups excluding carboxylic acids is 6. The molecule has 0 unspecified atom stereocenters. The summed E-state index contributed by atoms with van der Waals surface area (Å²) < 4.78 is 0. The average Bonchev–Trinajstić information content (AvgIpc) is 3.05. The zero-order chi connectivity index (χ0) is 41.0. The fraction of sp³-hybridized carbons (Fsp3) is 0.710. The highest BCUT2D eigenvalue weighted by Gasteiger charge is 2.34. The van der Waals surface area contributed by atoms with Crippen LogP contribution in [-0.4, -0.2) is 136 Å². The number of rotatable bonds is 25. The van der Waals surface area contributed by atoms with Gasteiger partial charge in [0.25, 0.3) is 0 Å². The summed E-state index contributed by atoms with van der Waals surface area (Å²) in [6, 6.07) is -10.2. The predicted octanol–water partition coefficient (Wildman–Crippen LogP) is -5.07. The third kappa shape index (κ3) is 19.4. The topological polar surface area (TPSA) is 380 Å². The molecular formula is C31H56N10O12. The predicted molar refractivity (Wildman–Crippen MR) is 188 cm³/mol. The maximum absolute atomic E-state index is 13.6. The molecule has 302 valence electrons. The van der Waals surface area contributed by atoms with E-state index in [9.17, 15) is 53.7 Å². The van der Waals surface area contributed by atoms with E-state index in [4.69, 9.17) is 22.3 Å². The summed E-state index contributed by atoms with van der Waals surface area (Å²) in [5, 5.41) is 51.7. The number of carboxylic acids is 2. The van der Waals surface area contributed by atoms with E-state index in [0.29, 0.717) is 0 Å². The molecule has 7 atom stereocenters. The molecule has 0 saturated carbocycles. The van der Waals surface area contributed by atoms with E-state index in [2.05, 4.69) is 36.9 Å². The number of guanidine groups is 1. The Labute approximate surface area is 306 Å². The van der Waals surface area contributed by atoms with Crippen molar-refractivity contribution < 1.29 is 58.8 Å². The molecule has 0 aliphatic heterocycles. The van der Waals surface area contributed by atoms with Crippen molar-refractivity contribution in [2.75, 3.05) is 19.8 Å².